The summed E-state index contributed by atoms with van der Waals surface area (Å²) in [7, 11) is -2.11. The predicted octanol–water partition coefficient (Wildman–Crippen LogP) is 1.98. The Morgan fingerprint density at radius 2 is 1.96 bits per heavy atom. The summed E-state index contributed by atoms with van der Waals surface area (Å²) < 4.78 is 30.6. The molecule has 2 aromatic rings. The van der Waals surface area contributed by atoms with Gasteiger partial charge in [-0.15, -0.1) is 0 Å². The first-order chi connectivity index (χ1) is 13.3. The van der Waals surface area contributed by atoms with E-state index in [9.17, 15) is 18.0 Å². The molecule has 1 heterocycles. The zero-order chi connectivity index (χ0) is 20.3. The summed E-state index contributed by atoms with van der Waals surface area (Å²) in [4.78, 5) is 24.7. The van der Waals surface area contributed by atoms with Gasteiger partial charge in [0, 0.05) is 12.1 Å². The van der Waals surface area contributed by atoms with Gasteiger partial charge in [-0.3, -0.25) is 9.59 Å². The third-order valence-electron chi connectivity index (χ3n) is 4.58. The molecule has 7 nitrogen and oxygen atoms in total. The molecule has 1 aliphatic heterocycles. The van der Waals surface area contributed by atoms with Gasteiger partial charge in [-0.2, -0.15) is 0 Å². The van der Waals surface area contributed by atoms with Crippen molar-refractivity contribution in [2.45, 2.75) is 13.3 Å². The van der Waals surface area contributed by atoms with Crippen LogP contribution in [0.5, 0.6) is 5.75 Å². The number of benzene rings is 2. The Morgan fingerprint density at radius 3 is 2.64 bits per heavy atom. The van der Waals surface area contributed by atoms with Crippen LogP contribution in [0.2, 0.25) is 0 Å². The number of hydrogen-bond donors (Lipinski definition) is 1. The van der Waals surface area contributed by atoms with Crippen molar-refractivity contribution in [3.8, 4) is 5.75 Å². The quantitative estimate of drug-likeness (QED) is 0.798. The minimum Gasteiger partial charge on any atom is -0.496 e. The third kappa shape index (κ3) is 4.01. The van der Waals surface area contributed by atoms with E-state index in [1.807, 2.05) is 24.3 Å². The maximum atomic E-state index is 12.5. The number of para-hydroxylation sites is 1. The van der Waals surface area contributed by atoms with Crippen LogP contribution in [0, 0.1) is 5.92 Å². The van der Waals surface area contributed by atoms with Gasteiger partial charge >= 0.3 is 0 Å². The normalized spacial score (nSPS) is 18.1. The lowest BCUT2D eigenvalue weighted by molar-refractivity contribution is -0.119. The minimum absolute atomic E-state index is 0.187. The number of amides is 2. The molecule has 3 rings (SSSR count). The third-order valence-corrected chi connectivity index (χ3v) is 6.44. The fraction of sp³-hybridized carbons (Fsp3) is 0.300. The molecule has 0 aromatic heterocycles. The highest BCUT2D eigenvalue weighted by atomic mass is 32.2. The second-order valence-corrected chi connectivity index (χ2v) is 8.51. The van der Waals surface area contributed by atoms with Gasteiger partial charge in [0.15, 0.2) is 0 Å². The number of carbonyl (C=O) groups is 2. The summed E-state index contributed by atoms with van der Waals surface area (Å²) >= 11 is 0. The summed E-state index contributed by atoms with van der Waals surface area (Å²) in [5, 5.41) is 2.81. The highest BCUT2D eigenvalue weighted by molar-refractivity contribution is 7.94. The largest absolute Gasteiger partial charge is 0.496 e. The van der Waals surface area contributed by atoms with Crippen molar-refractivity contribution in [3.63, 3.8) is 0 Å². The fourth-order valence-electron chi connectivity index (χ4n) is 3.18. The van der Waals surface area contributed by atoms with Gasteiger partial charge in [-0.1, -0.05) is 31.2 Å². The molecule has 1 aliphatic rings. The van der Waals surface area contributed by atoms with Crippen molar-refractivity contribution in [2.75, 3.05) is 23.7 Å². The van der Waals surface area contributed by atoms with E-state index in [1.165, 1.54) is 12.1 Å². The van der Waals surface area contributed by atoms with E-state index in [-0.39, 0.29) is 17.3 Å². The molecule has 1 atom stereocenters. The molecule has 0 saturated carbocycles. The maximum Gasteiger partial charge on any atom is 0.251 e. The predicted molar refractivity (Wildman–Crippen MR) is 106 cm³/mol. The Hall–Kier alpha value is -2.87. The first-order valence-corrected chi connectivity index (χ1v) is 10.5. The van der Waals surface area contributed by atoms with Gasteiger partial charge in [-0.25, -0.2) is 12.7 Å². The Morgan fingerprint density at radius 1 is 1.21 bits per heavy atom. The summed E-state index contributed by atoms with van der Waals surface area (Å²) in [5.41, 5.74) is 1.45. The first-order valence-electron chi connectivity index (χ1n) is 8.90. The molecule has 1 unspecified atom stereocenters. The number of hydrogen-bond acceptors (Lipinski definition) is 5. The molecule has 2 aromatic carbocycles. The molecule has 2 amide bonds. The Bertz CT molecular complexity index is 1000. The van der Waals surface area contributed by atoms with Crippen molar-refractivity contribution in [2.24, 2.45) is 5.92 Å². The van der Waals surface area contributed by atoms with E-state index in [1.54, 1.807) is 26.2 Å². The van der Waals surface area contributed by atoms with Crippen molar-refractivity contribution in [3.05, 3.63) is 59.7 Å². The van der Waals surface area contributed by atoms with Gasteiger partial charge in [0.2, 0.25) is 15.9 Å². The van der Waals surface area contributed by atoms with Gasteiger partial charge in [0.25, 0.3) is 5.91 Å². The summed E-state index contributed by atoms with van der Waals surface area (Å²) in [6, 6.07) is 13.6. The number of carbonyl (C=O) groups excluding carboxylic acids is 2. The van der Waals surface area contributed by atoms with E-state index in [0.29, 0.717) is 18.5 Å². The number of anilines is 1. The van der Waals surface area contributed by atoms with E-state index in [0.717, 1.165) is 15.6 Å². The molecule has 28 heavy (non-hydrogen) atoms. The van der Waals surface area contributed by atoms with Crippen LogP contribution >= 0.6 is 0 Å². The number of rotatable bonds is 6. The molecule has 1 saturated heterocycles. The van der Waals surface area contributed by atoms with Crippen molar-refractivity contribution < 1.29 is 22.7 Å². The van der Waals surface area contributed by atoms with Crippen molar-refractivity contribution in [1.82, 2.24) is 5.32 Å². The van der Waals surface area contributed by atoms with E-state index in [2.05, 4.69) is 5.32 Å². The molecular weight excluding hydrogens is 380 g/mol. The average Bonchev–Trinajstić information content (AvgIpc) is 2.88. The number of sulfonamides is 1. The van der Waals surface area contributed by atoms with Crippen molar-refractivity contribution >= 4 is 27.5 Å². The minimum atomic E-state index is -3.70. The standard InChI is InChI=1S/C20H22N2O5S/c1-14-13-28(25,26)22(20(14)24)17-8-5-7-16(12-17)19(23)21-11-10-15-6-3-4-9-18(15)27-2/h3-9,12,14H,10-11,13H2,1-2H3,(H,21,23). The van der Waals surface area contributed by atoms with Crippen LogP contribution in [0.4, 0.5) is 5.69 Å². The smallest absolute Gasteiger partial charge is 0.251 e. The molecule has 1 N–H and O–H groups in total. The molecule has 0 spiro atoms. The van der Waals surface area contributed by atoms with Crippen LogP contribution in [0.15, 0.2) is 48.5 Å². The van der Waals surface area contributed by atoms with Crippen LogP contribution in [-0.4, -0.2) is 39.6 Å². The lowest BCUT2D eigenvalue weighted by atomic mass is 10.1. The van der Waals surface area contributed by atoms with E-state index >= 15 is 0 Å². The lowest BCUT2D eigenvalue weighted by Crippen LogP contribution is -2.31. The van der Waals surface area contributed by atoms with Crippen LogP contribution in [-0.2, 0) is 21.2 Å². The Balaban J connectivity index is 1.70. The number of methoxy groups -OCH3 is 1. The summed E-state index contributed by atoms with van der Waals surface area (Å²) in [6.45, 7) is 1.97. The molecule has 0 bridgehead atoms. The maximum absolute atomic E-state index is 12.5. The number of ether oxygens (including phenoxy) is 1. The van der Waals surface area contributed by atoms with Crippen molar-refractivity contribution in [1.29, 1.82) is 0 Å². The molecule has 0 aliphatic carbocycles. The number of nitrogens with one attached hydrogen (secondary N) is 1. The molecular formula is C20H22N2O5S. The number of nitrogens with zero attached hydrogens (tertiary/aromatic N) is 1. The molecule has 148 valence electrons. The SMILES string of the molecule is COc1ccccc1CCNC(=O)c1cccc(N2C(=O)C(C)CS2(=O)=O)c1. The van der Waals surface area contributed by atoms with E-state index in [4.69, 9.17) is 4.74 Å². The highest BCUT2D eigenvalue weighted by Gasteiger charge is 2.42. The summed E-state index contributed by atoms with van der Waals surface area (Å²) in [6.07, 6.45) is 0.589. The van der Waals surface area contributed by atoms with Gasteiger partial charge in [0.05, 0.1) is 24.5 Å². The van der Waals surface area contributed by atoms with Gasteiger partial charge in [-0.05, 0) is 36.2 Å². The lowest BCUT2D eigenvalue weighted by Gasteiger charge is -2.16. The fourth-order valence-corrected chi connectivity index (χ4v) is 4.99. The first kappa shape index (κ1) is 19.9. The second-order valence-electron chi connectivity index (χ2n) is 6.65. The molecule has 1 fully saturated rings. The van der Waals surface area contributed by atoms with Crippen LogP contribution < -0.4 is 14.4 Å². The Labute approximate surface area is 164 Å². The van der Waals surface area contributed by atoms with E-state index < -0.39 is 21.8 Å². The second kappa shape index (κ2) is 8.02. The molecule has 0 radical (unpaired) electrons. The monoisotopic (exact) mass is 402 g/mol. The van der Waals surface area contributed by atoms with Crippen LogP contribution in [0.1, 0.15) is 22.8 Å². The zero-order valence-corrected chi connectivity index (χ0v) is 16.5. The summed E-state index contributed by atoms with van der Waals surface area (Å²) in [5.74, 6) is -0.877. The average molecular weight is 402 g/mol. The Kier molecular flexibility index (Phi) is 5.69. The van der Waals surface area contributed by atoms with Crippen LogP contribution in [0.3, 0.4) is 0 Å². The van der Waals surface area contributed by atoms with Crippen LogP contribution in [0.25, 0.3) is 0 Å². The highest BCUT2D eigenvalue weighted by Crippen LogP contribution is 2.28. The van der Waals surface area contributed by atoms with Gasteiger partial charge in [0.1, 0.15) is 5.75 Å². The van der Waals surface area contributed by atoms with Gasteiger partial charge < -0.3 is 10.1 Å². The topological polar surface area (TPSA) is 92.8 Å². The molecule has 8 heteroatoms. The zero-order valence-electron chi connectivity index (χ0n) is 15.7.